The second-order valence-electron chi connectivity index (χ2n) is 7.97. The normalized spacial score (nSPS) is 20.8. The maximum atomic E-state index is 12.1. The van der Waals surface area contributed by atoms with Crippen molar-refractivity contribution in [3.63, 3.8) is 0 Å². The lowest BCUT2D eigenvalue weighted by Gasteiger charge is -2.43. The van der Waals surface area contributed by atoms with Crippen LogP contribution in [0.5, 0.6) is 0 Å². The van der Waals surface area contributed by atoms with E-state index in [1.807, 2.05) is 24.0 Å². The molecule has 7 nitrogen and oxygen atoms in total. The zero-order valence-corrected chi connectivity index (χ0v) is 17.1. The molecule has 1 atom stereocenters. The van der Waals surface area contributed by atoms with Crippen molar-refractivity contribution >= 4 is 11.9 Å². The lowest BCUT2D eigenvalue weighted by Crippen LogP contribution is -2.53. The number of hydrogen-bond donors (Lipinski definition) is 2. The van der Waals surface area contributed by atoms with Gasteiger partial charge >= 0.3 is 12.1 Å². The largest absolute Gasteiger partial charge is 0.490 e. The molecule has 1 aromatic heterocycles. The van der Waals surface area contributed by atoms with Crippen LogP contribution in [-0.2, 0) is 23.2 Å². The predicted molar refractivity (Wildman–Crippen MR) is 106 cm³/mol. The number of carbonyl (C=O) groups is 2. The third-order valence-corrected chi connectivity index (χ3v) is 5.80. The number of halogens is 3. The number of nitrogens with zero attached hydrogens (tertiary/aromatic N) is 3. The van der Waals surface area contributed by atoms with Crippen LogP contribution in [0.15, 0.2) is 42.7 Å². The number of carbonyl (C=O) groups excluding carboxylic acids is 1. The molecule has 4 rings (SSSR count). The molecule has 2 fully saturated rings. The summed E-state index contributed by atoms with van der Waals surface area (Å²) in [5.41, 5.74) is 2.48. The maximum Gasteiger partial charge on any atom is 0.490 e. The van der Waals surface area contributed by atoms with Gasteiger partial charge < -0.3 is 10.4 Å². The molecular formula is C21H25F3N4O3. The van der Waals surface area contributed by atoms with Crippen molar-refractivity contribution in [2.45, 2.75) is 43.4 Å². The van der Waals surface area contributed by atoms with E-state index in [1.165, 1.54) is 11.1 Å². The first-order valence-corrected chi connectivity index (χ1v) is 9.95. The van der Waals surface area contributed by atoms with Crippen LogP contribution < -0.4 is 5.32 Å². The molecule has 2 aromatic rings. The zero-order valence-electron chi connectivity index (χ0n) is 17.1. The number of likely N-dealkylation sites (tertiary alicyclic amines) is 1. The van der Waals surface area contributed by atoms with E-state index in [1.54, 1.807) is 0 Å². The van der Waals surface area contributed by atoms with Crippen molar-refractivity contribution in [1.29, 1.82) is 0 Å². The minimum atomic E-state index is -5.08. The van der Waals surface area contributed by atoms with Gasteiger partial charge in [0.05, 0.1) is 6.20 Å². The van der Waals surface area contributed by atoms with Gasteiger partial charge in [0.2, 0.25) is 5.91 Å². The number of amides is 1. The fraction of sp³-hybridized carbons (Fsp3) is 0.476. The first-order chi connectivity index (χ1) is 14.6. The molecule has 0 bridgehead atoms. The van der Waals surface area contributed by atoms with Crippen molar-refractivity contribution in [3.8, 4) is 0 Å². The van der Waals surface area contributed by atoms with Crippen LogP contribution in [0.25, 0.3) is 0 Å². The zero-order chi connectivity index (χ0) is 22.6. The monoisotopic (exact) mass is 438 g/mol. The summed E-state index contributed by atoms with van der Waals surface area (Å²) in [4.78, 5) is 23.5. The number of carboxylic acids is 1. The van der Waals surface area contributed by atoms with Gasteiger partial charge in [0.15, 0.2) is 0 Å². The van der Waals surface area contributed by atoms with Crippen LogP contribution in [0.2, 0.25) is 0 Å². The van der Waals surface area contributed by atoms with Crippen molar-refractivity contribution in [2.24, 2.45) is 7.05 Å². The lowest BCUT2D eigenvalue weighted by atomic mass is 9.74. The molecule has 31 heavy (non-hydrogen) atoms. The van der Waals surface area contributed by atoms with Crippen molar-refractivity contribution in [2.75, 3.05) is 13.1 Å². The summed E-state index contributed by atoms with van der Waals surface area (Å²) in [5, 5.41) is 14.7. The highest BCUT2D eigenvalue weighted by Crippen LogP contribution is 2.43. The van der Waals surface area contributed by atoms with E-state index in [-0.39, 0.29) is 11.4 Å². The van der Waals surface area contributed by atoms with Gasteiger partial charge in [-0.05, 0) is 18.4 Å². The molecule has 1 spiro atoms. The van der Waals surface area contributed by atoms with E-state index in [0.29, 0.717) is 12.3 Å². The Morgan fingerprint density at radius 3 is 2.39 bits per heavy atom. The summed E-state index contributed by atoms with van der Waals surface area (Å²) in [7, 11) is 1.95. The van der Waals surface area contributed by atoms with Crippen LogP contribution >= 0.6 is 0 Å². The number of carboxylic acid groups (broad SMARTS) is 1. The minimum Gasteiger partial charge on any atom is -0.475 e. The molecule has 2 saturated heterocycles. The molecule has 3 heterocycles. The fourth-order valence-electron chi connectivity index (χ4n) is 4.31. The first kappa shape index (κ1) is 22.8. The van der Waals surface area contributed by atoms with Crippen molar-refractivity contribution < 1.29 is 27.9 Å². The number of alkyl halides is 3. The van der Waals surface area contributed by atoms with Gasteiger partial charge in [-0.3, -0.25) is 14.4 Å². The molecule has 0 aliphatic carbocycles. The van der Waals surface area contributed by atoms with Crippen LogP contribution in [0.3, 0.4) is 0 Å². The van der Waals surface area contributed by atoms with E-state index in [4.69, 9.17) is 9.90 Å². The number of hydrogen-bond acceptors (Lipinski definition) is 4. The Kier molecular flexibility index (Phi) is 6.68. The summed E-state index contributed by atoms with van der Waals surface area (Å²) >= 11 is 0. The minimum absolute atomic E-state index is 0.0656. The number of piperidine rings is 1. The van der Waals surface area contributed by atoms with Gasteiger partial charge in [0.1, 0.15) is 0 Å². The van der Waals surface area contributed by atoms with E-state index in [2.05, 4.69) is 45.8 Å². The molecule has 10 heteroatoms. The second-order valence-corrected chi connectivity index (χ2v) is 7.97. The van der Waals surface area contributed by atoms with Crippen LogP contribution in [0.1, 0.15) is 36.3 Å². The van der Waals surface area contributed by atoms with Crippen LogP contribution in [0, 0.1) is 0 Å². The summed E-state index contributed by atoms with van der Waals surface area (Å²) < 4.78 is 33.6. The Hall–Kier alpha value is -2.88. The summed E-state index contributed by atoms with van der Waals surface area (Å²) in [6.07, 6.45) is 1.58. The number of aryl methyl sites for hydroxylation is 1. The Balaban J connectivity index is 0.000000339. The SMILES string of the molecule is Cn1cc(CN2CCC3(CC2)NC(=O)CC3c2ccccc2)cn1.O=C(O)C(F)(F)F. The van der Waals surface area contributed by atoms with Crippen molar-refractivity contribution in [1.82, 2.24) is 20.0 Å². The second kappa shape index (κ2) is 9.09. The van der Waals surface area contributed by atoms with Crippen LogP contribution in [-0.4, -0.2) is 56.5 Å². The molecule has 2 aliphatic rings. The highest BCUT2D eigenvalue weighted by atomic mass is 19.4. The van der Waals surface area contributed by atoms with Crippen LogP contribution in [0.4, 0.5) is 13.2 Å². The Labute approximate surface area is 177 Å². The van der Waals surface area contributed by atoms with Gasteiger partial charge in [0.25, 0.3) is 0 Å². The third-order valence-electron chi connectivity index (χ3n) is 5.80. The van der Waals surface area contributed by atoms with E-state index >= 15 is 0 Å². The highest BCUT2D eigenvalue weighted by Gasteiger charge is 2.48. The lowest BCUT2D eigenvalue weighted by molar-refractivity contribution is -0.192. The molecule has 1 amide bonds. The standard InChI is InChI=1S/C19H24N4O.C2HF3O2/c1-22-13-15(12-20-22)14-23-9-7-19(8-10-23)17(11-18(24)21-19)16-5-3-2-4-6-16;3-2(4,5)1(6)7/h2-6,12-13,17H,7-11,14H2,1H3,(H,21,24);(H,6,7). The fourth-order valence-corrected chi connectivity index (χ4v) is 4.31. The Morgan fingerprint density at radius 2 is 1.87 bits per heavy atom. The summed E-state index contributed by atoms with van der Waals surface area (Å²) in [6, 6.07) is 10.5. The quantitative estimate of drug-likeness (QED) is 0.770. The number of nitrogens with one attached hydrogen (secondary N) is 1. The summed E-state index contributed by atoms with van der Waals surface area (Å²) in [6.45, 7) is 2.96. The van der Waals surface area contributed by atoms with Gasteiger partial charge in [-0.25, -0.2) is 4.79 Å². The molecular weight excluding hydrogens is 413 g/mol. The number of rotatable bonds is 3. The van der Waals surface area contributed by atoms with Gasteiger partial charge in [0, 0.05) is 56.3 Å². The average Bonchev–Trinajstić information content (AvgIpc) is 3.27. The molecule has 168 valence electrons. The van der Waals surface area contributed by atoms with E-state index in [9.17, 15) is 18.0 Å². The van der Waals surface area contributed by atoms with E-state index in [0.717, 1.165) is 32.5 Å². The predicted octanol–water partition coefficient (Wildman–Crippen LogP) is 2.69. The number of aromatic nitrogens is 2. The van der Waals surface area contributed by atoms with Gasteiger partial charge in [-0.15, -0.1) is 0 Å². The molecule has 0 radical (unpaired) electrons. The first-order valence-electron chi connectivity index (χ1n) is 9.95. The maximum absolute atomic E-state index is 12.1. The third kappa shape index (κ3) is 5.63. The molecule has 2 N–H and O–H groups in total. The number of benzene rings is 1. The molecule has 0 saturated carbocycles. The topological polar surface area (TPSA) is 87.5 Å². The molecule has 1 unspecified atom stereocenters. The van der Waals surface area contributed by atoms with Gasteiger partial charge in [-0.2, -0.15) is 18.3 Å². The number of aliphatic carboxylic acids is 1. The van der Waals surface area contributed by atoms with Gasteiger partial charge in [-0.1, -0.05) is 30.3 Å². The molecule has 2 aliphatic heterocycles. The highest BCUT2D eigenvalue weighted by molar-refractivity contribution is 5.81. The average molecular weight is 438 g/mol. The molecule has 1 aromatic carbocycles. The van der Waals surface area contributed by atoms with Crippen molar-refractivity contribution in [3.05, 3.63) is 53.9 Å². The summed E-state index contributed by atoms with van der Waals surface area (Å²) in [5.74, 6) is -2.26. The Bertz CT molecular complexity index is 906. The smallest absolute Gasteiger partial charge is 0.475 e. The van der Waals surface area contributed by atoms with E-state index < -0.39 is 12.1 Å². The Morgan fingerprint density at radius 1 is 1.26 bits per heavy atom.